The molecule has 0 fully saturated rings. The quantitative estimate of drug-likeness (QED) is 0.159. The van der Waals surface area contributed by atoms with Crippen molar-refractivity contribution in [2.75, 3.05) is 4.90 Å². The number of rotatable bonds is 7. The lowest BCUT2D eigenvalue weighted by Crippen LogP contribution is -2.15. The molecule has 2 aromatic heterocycles. The maximum Gasteiger partial charge on any atom is 0.143 e. The third-order valence-electron chi connectivity index (χ3n) is 14.0. The van der Waals surface area contributed by atoms with Crippen molar-refractivity contribution in [3.63, 3.8) is 0 Å². The first-order valence-corrected chi connectivity index (χ1v) is 22.8. The third-order valence-corrected chi connectivity index (χ3v) is 14.0. The van der Waals surface area contributed by atoms with E-state index >= 15 is 0 Å². The molecule has 12 aromatic rings. The lowest BCUT2D eigenvalue weighted by atomic mass is 9.81. The molecule has 0 saturated heterocycles. The molecule has 0 spiro atoms. The second-order valence-corrected chi connectivity index (χ2v) is 18.1. The molecular formula is C63H44N2O. The fraction of sp³-hybridized carbons (Fsp3) is 0.0476. The van der Waals surface area contributed by atoms with E-state index in [2.05, 4.69) is 242 Å². The highest BCUT2D eigenvalue weighted by atomic mass is 16.3. The Labute approximate surface area is 384 Å². The summed E-state index contributed by atoms with van der Waals surface area (Å²) in [5, 5.41) is 4.80. The van der Waals surface area contributed by atoms with E-state index in [-0.39, 0.29) is 5.41 Å². The summed E-state index contributed by atoms with van der Waals surface area (Å²) >= 11 is 0. The highest BCUT2D eigenvalue weighted by Gasteiger charge is 2.36. The predicted molar refractivity (Wildman–Crippen MR) is 277 cm³/mol. The van der Waals surface area contributed by atoms with Crippen LogP contribution < -0.4 is 4.90 Å². The summed E-state index contributed by atoms with van der Waals surface area (Å²) in [5.41, 5.74) is 20.8. The van der Waals surface area contributed by atoms with Crippen LogP contribution in [0.5, 0.6) is 0 Å². The fourth-order valence-corrected chi connectivity index (χ4v) is 10.9. The Balaban J connectivity index is 0.925. The smallest absolute Gasteiger partial charge is 0.143 e. The van der Waals surface area contributed by atoms with E-state index in [1.165, 1.54) is 72.0 Å². The molecule has 10 aromatic carbocycles. The molecule has 66 heavy (non-hydrogen) atoms. The van der Waals surface area contributed by atoms with Crippen molar-refractivity contribution in [1.29, 1.82) is 0 Å². The first-order valence-electron chi connectivity index (χ1n) is 22.8. The topological polar surface area (TPSA) is 21.3 Å². The highest BCUT2D eigenvalue weighted by Crippen LogP contribution is 2.52. The van der Waals surface area contributed by atoms with Gasteiger partial charge in [-0.1, -0.05) is 172 Å². The van der Waals surface area contributed by atoms with E-state index in [1.54, 1.807) is 0 Å². The van der Waals surface area contributed by atoms with Crippen LogP contribution in [0.2, 0.25) is 0 Å². The normalized spacial score (nSPS) is 12.8. The van der Waals surface area contributed by atoms with Gasteiger partial charge in [-0.15, -0.1) is 0 Å². The van der Waals surface area contributed by atoms with Crippen LogP contribution in [-0.2, 0) is 5.41 Å². The van der Waals surface area contributed by atoms with Gasteiger partial charge in [0.1, 0.15) is 11.2 Å². The molecule has 312 valence electrons. The minimum atomic E-state index is -0.191. The maximum atomic E-state index is 6.52. The maximum absolute atomic E-state index is 6.52. The van der Waals surface area contributed by atoms with E-state index in [0.29, 0.717) is 0 Å². The second-order valence-electron chi connectivity index (χ2n) is 18.1. The van der Waals surface area contributed by atoms with E-state index in [4.69, 9.17) is 4.42 Å². The Morgan fingerprint density at radius 3 is 1.89 bits per heavy atom. The van der Waals surface area contributed by atoms with Crippen molar-refractivity contribution in [2.24, 2.45) is 0 Å². The number of anilines is 3. The van der Waals surface area contributed by atoms with Crippen molar-refractivity contribution in [2.45, 2.75) is 19.3 Å². The summed E-state index contributed by atoms with van der Waals surface area (Å²) in [5.74, 6) is 0. The largest absolute Gasteiger partial charge is 0.455 e. The summed E-state index contributed by atoms with van der Waals surface area (Å²) in [4.78, 5) is 2.39. The zero-order valence-corrected chi connectivity index (χ0v) is 36.7. The van der Waals surface area contributed by atoms with Gasteiger partial charge in [-0.2, -0.15) is 0 Å². The standard InChI is InChI=1S/C63H44N2O/c1-63(2)55-37-35-42(39-54(55)50-36-34-43(40-56(50)63)48-27-17-32-59-61(48)53-26-10-13-31-58(53)65(59)45-21-7-4-8-22-45)47-24-9-12-30-57(47)64(44-19-5-3-6-20-44)46-23-15-18-41(38-46)49-28-16-29-52-51-25-11-14-33-60(51)66-62(49)52/h3-40H,1-2H3. The van der Waals surface area contributed by atoms with Crippen molar-refractivity contribution >= 4 is 60.8 Å². The van der Waals surface area contributed by atoms with E-state index in [9.17, 15) is 0 Å². The molecule has 13 rings (SSSR count). The number of benzene rings is 10. The minimum absolute atomic E-state index is 0.191. The van der Waals surface area contributed by atoms with Crippen LogP contribution in [0.15, 0.2) is 235 Å². The van der Waals surface area contributed by atoms with Crippen molar-refractivity contribution in [3.05, 3.63) is 242 Å². The highest BCUT2D eigenvalue weighted by molar-refractivity contribution is 6.16. The summed E-state index contributed by atoms with van der Waals surface area (Å²) in [6.07, 6.45) is 0. The average molecular weight is 845 g/mol. The van der Waals surface area contributed by atoms with E-state index in [0.717, 1.165) is 50.1 Å². The van der Waals surface area contributed by atoms with Crippen LogP contribution in [0.4, 0.5) is 17.1 Å². The van der Waals surface area contributed by atoms with Gasteiger partial charge >= 0.3 is 0 Å². The molecule has 0 saturated carbocycles. The van der Waals surface area contributed by atoms with Gasteiger partial charge < -0.3 is 13.9 Å². The number of para-hydroxylation sites is 6. The SMILES string of the molecule is CC1(C)c2ccc(-c3ccccc3N(c3ccccc3)c3cccc(-c4cccc5c4oc4ccccc45)c3)cc2-c2ccc(-c3cccc4c3c3ccccc3n4-c3ccccc3)cc21. The molecule has 0 unspecified atom stereocenters. The lowest BCUT2D eigenvalue weighted by Gasteiger charge is -2.28. The average Bonchev–Trinajstić information content (AvgIpc) is 4.00. The number of aromatic nitrogens is 1. The first kappa shape index (κ1) is 38.1. The van der Waals surface area contributed by atoms with E-state index < -0.39 is 0 Å². The Kier molecular flexibility index (Phi) is 8.56. The number of fused-ring (bicyclic) bond motifs is 9. The van der Waals surface area contributed by atoms with Gasteiger partial charge in [-0.3, -0.25) is 0 Å². The zero-order valence-electron chi connectivity index (χ0n) is 36.7. The summed E-state index contributed by atoms with van der Waals surface area (Å²) < 4.78 is 8.93. The number of hydrogen-bond acceptors (Lipinski definition) is 2. The summed E-state index contributed by atoms with van der Waals surface area (Å²) in [6, 6.07) is 83.8. The Morgan fingerprint density at radius 1 is 0.394 bits per heavy atom. The Hall–Kier alpha value is -8.40. The van der Waals surface area contributed by atoms with Crippen LogP contribution in [0.25, 0.3) is 93.9 Å². The molecule has 3 heteroatoms. The number of furan rings is 1. The Morgan fingerprint density at radius 2 is 1.02 bits per heavy atom. The number of hydrogen-bond donors (Lipinski definition) is 0. The molecule has 0 aliphatic heterocycles. The van der Waals surface area contributed by atoms with Gasteiger partial charge in [-0.05, 0) is 117 Å². The molecular weight excluding hydrogens is 801 g/mol. The molecule has 0 bridgehead atoms. The van der Waals surface area contributed by atoms with Crippen molar-refractivity contribution < 1.29 is 4.42 Å². The molecule has 0 amide bonds. The Bertz CT molecular complexity index is 3850. The van der Waals surface area contributed by atoms with Gasteiger partial charge in [0.05, 0.1) is 16.7 Å². The monoisotopic (exact) mass is 844 g/mol. The molecule has 2 heterocycles. The van der Waals surface area contributed by atoms with Gasteiger partial charge in [0, 0.05) is 55.1 Å². The minimum Gasteiger partial charge on any atom is -0.455 e. The van der Waals surface area contributed by atoms with Crippen LogP contribution in [0, 0.1) is 0 Å². The molecule has 0 atom stereocenters. The van der Waals surface area contributed by atoms with Crippen molar-refractivity contribution in [1.82, 2.24) is 4.57 Å². The van der Waals surface area contributed by atoms with Gasteiger partial charge in [-0.25, -0.2) is 0 Å². The zero-order chi connectivity index (χ0) is 43.9. The number of nitrogens with zero attached hydrogens (tertiary/aromatic N) is 2. The van der Waals surface area contributed by atoms with E-state index in [1.807, 2.05) is 12.1 Å². The van der Waals surface area contributed by atoms with Crippen LogP contribution >= 0.6 is 0 Å². The lowest BCUT2D eigenvalue weighted by molar-refractivity contribution is 0.660. The van der Waals surface area contributed by atoms with Crippen LogP contribution in [0.1, 0.15) is 25.0 Å². The third kappa shape index (κ3) is 5.83. The molecule has 0 radical (unpaired) electrons. The fourth-order valence-electron chi connectivity index (χ4n) is 10.9. The van der Waals surface area contributed by atoms with Gasteiger partial charge in [0.15, 0.2) is 0 Å². The molecule has 3 nitrogen and oxygen atoms in total. The first-order chi connectivity index (χ1) is 32.5. The van der Waals surface area contributed by atoms with Gasteiger partial charge in [0.25, 0.3) is 0 Å². The molecule has 1 aliphatic carbocycles. The summed E-state index contributed by atoms with van der Waals surface area (Å²) in [7, 11) is 0. The van der Waals surface area contributed by atoms with Crippen molar-refractivity contribution in [3.8, 4) is 50.2 Å². The van der Waals surface area contributed by atoms with Crippen LogP contribution in [0.3, 0.4) is 0 Å². The molecule has 1 aliphatic rings. The van der Waals surface area contributed by atoms with Crippen LogP contribution in [-0.4, -0.2) is 4.57 Å². The molecule has 0 N–H and O–H groups in total. The summed E-state index contributed by atoms with van der Waals surface area (Å²) in [6.45, 7) is 4.76. The van der Waals surface area contributed by atoms with Gasteiger partial charge in [0.2, 0.25) is 0 Å². The predicted octanol–water partition coefficient (Wildman–Crippen LogP) is 17.5. The second kappa shape index (κ2) is 14.8.